The number of rotatable bonds is 5. The third kappa shape index (κ3) is 4.93. The number of anilines is 2. The summed E-state index contributed by atoms with van der Waals surface area (Å²) in [6.07, 6.45) is 3.92. The number of hydrogen-bond donors (Lipinski definition) is 1. The van der Waals surface area contributed by atoms with E-state index in [-0.39, 0.29) is 5.91 Å². The number of hydrogen-bond acceptors (Lipinski definition) is 4. The first kappa shape index (κ1) is 19.0. The Labute approximate surface area is 171 Å². The molecule has 0 bridgehead atoms. The van der Waals surface area contributed by atoms with Crippen LogP contribution in [0.25, 0.3) is 0 Å². The number of carbonyl (C=O) groups excluding carboxylic acids is 1. The van der Waals surface area contributed by atoms with Crippen LogP contribution in [-0.4, -0.2) is 28.9 Å². The molecule has 0 spiro atoms. The van der Waals surface area contributed by atoms with Gasteiger partial charge >= 0.3 is 0 Å². The summed E-state index contributed by atoms with van der Waals surface area (Å²) >= 11 is 0. The molecule has 0 radical (unpaired) electrons. The first-order chi connectivity index (χ1) is 14.2. The lowest BCUT2D eigenvalue weighted by molar-refractivity contribution is 0.0677. The number of piperidine rings is 1. The lowest BCUT2D eigenvalue weighted by Crippen LogP contribution is -2.39. The van der Waals surface area contributed by atoms with Gasteiger partial charge in [-0.3, -0.25) is 9.78 Å². The minimum atomic E-state index is 0.00630. The fourth-order valence-corrected chi connectivity index (χ4v) is 3.56. The Kier molecular flexibility index (Phi) is 5.75. The smallest absolute Gasteiger partial charge is 0.272 e. The van der Waals surface area contributed by atoms with E-state index in [2.05, 4.69) is 17.2 Å². The van der Waals surface area contributed by atoms with Crippen LogP contribution >= 0.6 is 0 Å². The first-order valence-corrected chi connectivity index (χ1v) is 10.0. The van der Waals surface area contributed by atoms with E-state index in [1.165, 1.54) is 6.42 Å². The fourth-order valence-electron chi connectivity index (χ4n) is 3.56. The van der Waals surface area contributed by atoms with Crippen LogP contribution in [0.15, 0.2) is 72.9 Å². The van der Waals surface area contributed by atoms with Crippen molar-refractivity contribution in [3.05, 3.63) is 78.6 Å². The Hall–Kier alpha value is -3.34. The Morgan fingerprint density at radius 3 is 2.55 bits per heavy atom. The fraction of sp³-hybridized carbons (Fsp3) is 0.250. The van der Waals surface area contributed by atoms with Crippen molar-refractivity contribution in [2.24, 2.45) is 5.92 Å². The number of ether oxygens (including phenoxy) is 1. The van der Waals surface area contributed by atoms with E-state index in [1.54, 1.807) is 6.20 Å². The summed E-state index contributed by atoms with van der Waals surface area (Å²) in [5, 5.41) is 3.34. The van der Waals surface area contributed by atoms with Crippen molar-refractivity contribution >= 4 is 17.3 Å². The predicted molar refractivity (Wildman–Crippen MR) is 115 cm³/mol. The van der Waals surface area contributed by atoms with Crippen molar-refractivity contribution in [2.45, 2.75) is 19.8 Å². The summed E-state index contributed by atoms with van der Waals surface area (Å²) in [5.74, 6) is 2.13. The van der Waals surface area contributed by atoms with E-state index < -0.39 is 0 Å². The molecule has 1 aliphatic heterocycles. The zero-order valence-corrected chi connectivity index (χ0v) is 16.5. The molecular weight excluding hydrogens is 362 g/mol. The molecule has 0 aliphatic carbocycles. The monoisotopic (exact) mass is 387 g/mol. The normalized spacial score (nSPS) is 16.3. The van der Waals surface area contributed by atoms with Gasteiger partial charge in [0.05, 0.1) is 0 Å². The molecule has 0 saturated carbocycles. The lowest BCUT2D eigenvalue weighted by Gasteiger charge is -2.30. The minimum absolute atomic E-state index is 0.00630. The summed E-state index contributed by atoms with van der Waals surface area (Å²) in [7, 11) is 0. The van der Waals surface area contributed by atoms with E-state index in [0.29, 0.717) is 11.6 Å². The van der Waals surface area contributed by atoms with Crippen molar-refractivity contribution in [1.82, 2.24) is 9.88 Å². The van der Waals surface area contributed by atoms with Gasteiger partial charge in [-0.25, -0.2) is 0 Å². The largest absolute Gasteiger partial charge is 0.457 e. The van der Waals surface area contributed by atoms with E-state index in [9.17, 15) is 4.79 Å². The van der Waals surface area contributed by atoms with Crippen LogP contribution in [0.5, 0.6) is 11.5 Å². The van der Waals surface area contributed by atoms with Crippen molar-refractivity contribution < 1.29 is 9.53 Å². The van der Waals surface area contributed by atoms with Crippen LogP contribution < -0.4 is 10.1 Å². The van der Waals surface area contributed by atoms with E-state index >= 15 is 0 Å². The molecule has 1 aliphatic rings. The molecule has 1 atom stereocenters. The summed E-state index contributed by atoms with van der Waals surface area (Å²) in [6.45, 7) is 3.81. The summed E-state index contributed by atoms with van der Waals surface area (Å²) in [4.78, 5) is 19.0. The molecular formula is C24H25N3O2. The molecule has 4 rings (SSSR count). The Morgan fingerprint density at radius 1 is 1.03 bits per heavy atom. The van der Waals surface area contributed by atoms with E-state index in [4.69, 9.17) is 4.74 Å². The number of carbonyl (C=O) groups is 1. The summed E-state index contributed by atoms with van der Waals surface area (Å²) in [6, 6.07) is 21.1. The predicted octanol–water partition coefficient (Wildman–Crippen LogP) is 5.49. The van der Waals surface area contributed by atoms with Gasteiger partial charge in [-0.15, -0.1) is 0 Å². The van der Waals surface area contributed by atoms with Gasteiger partial charge < -0.3 is 15.0 Å². The van der Waals surface area contributed by atoms with Crippen molar-refractivity contribution in [1.29, 1.82) is 0 Å². The van der Waals surface area contributed by atoms with Crippen molar-refractivity contribution in [3.63, 3.8) is 0 Å². The third-order valence-electron chi connectivity index (χ3n) is 5.05. The van der Waals surface area contributed by atoms with Crippen molar-refractivity contribution in [2.75, 3.05) is 18.4 Å². The number of benzene rings is 2. The number of likely N-dealkylation sites (tertiary alicyclic amines) is 1. The van der Waals surface area contributed by atoms with Crippen LogP contribution in [0.2, 0.25) is 0 Å². The zero-order chi connectivity index (χ0) is 20.1. The van der Waals surface area contributed by atoms with Crippen LogP contribution in [0.1, 0.15) is 30.3 Å². The highest BCUT2D eigenvalue weighted by Gasteiger charge is 2.23. The van der Waals surface area contributed by atoms with Crippen molar-refractivity contribution in [3.8, 4) is 11.5 Å². The second kappa shape index (κ2) is 8.78. The van der Waals surface area contributed by atoms with Crippen LogP contribution in [0.3, 0.4) is 0 Å². The highest BCUT2D eigenvalue weighted by atomic mass is 16.5. The molecule has 3 aromatic rings. The Balaban J connectivity index is 1.42. The number of pyridine rings is 1. The highest BCUT2D eigenvalue weighted by molar-refractivity contribution is 5.93. The molecule has 1 N–H and O–H groups in total. The molecule has 5 nitrogen and oxygen atoms in total. The summed E-state index contributed by atoms with van der Waals surface area (Å²) in [5.41, 5.74) is 2.24. The van der Waals surface area contributed by atoms with Gasteiger partial charge in [0.2, 0.25) is 0 Å². The Bertz CT molecular complexity index is 957. The van der Waals surface area contributed by atoms with Crippen LogP contribution in [0.4, 0.5) is 11.4 Å². The van der Waals surface area contributed by atoms with Gasteiger partial charge in [0.25, 0.3) is 5.91 Å². The number of nitrogens with zero attached hydrogens (tertiary/aromatic N) is 2. The van der Waals surface area contributed by atoms with E-state index in [0.717, 1.165) is 42.4 Å². The molecule has 2 heterocycles. The molecule has 1 unspecified atom stereocenters. The van der Waals surface area contributed by atoms with Crippen LogP contribution in [0, 0.1) is 5.92 Å². The minimum Gasteiger partial charge on any atom is -0.457 e. The molecule has 148 valence electrons. The van der Waals surface area contributed by atoms with Gasteiger partial charge in [-0.2, -0.15) is 0 Å². The lowest BCUT2D eigenvalue weighted by atomic mass is 10.00. The second-order valence-corrected chi connectivity index (χ2v) is 7.49. The molecule has 1 fully saturated rings. The second-order valence-electron chi connectivity index (χ2n) is 7.49. The molecule has 2 aromatic carbocycles. The molecule has 1 amide bonds. The number of aromatic nitrogens is 1. The zero-order valence-electron chi connectivity index (χ0n) is 16.5. The summed E-state index contributed by atoms with van der Waals surface area (Å²) < 4.78 is 5.82. The van der Waals surface area contributed by atoms with Gasteiger partial charge in [0.1, 0.15) is 17.2 Å². The molecule has 5 heteroatoms. The molecule has 1 aromatic heterocycles. The Morgan fingerprint density at radius 2 is 1.79 bits per heavy atom. The van der Waals surface area contributed by atoms with Crippen LogP contribution in [-0.2, 0) is 0 Å². The topological polar surface area (TPSA) is 54.5 Å². The van der Waals surface area contributed by atoms with Gasteiger partial charge in [0, 0.05) is 30.7 Å². The third-order valence-corrected chi connectivity index (χ3v) is 5.05. The quantitative estimate of drug-likeness (QED) is 0.629. The maximum absolute atomic E-state index is 12.8. The average Bonchev–Trinajstić information content (AvgIpc) is 2.75. The standard InChI is InChI=1S/C24H25N3O2/c1-18-6-5-15-27(17-18)24(28)23-16-20(13-14-25-23)26-19-9-11-22(12-10-19)29-21-7-3-2-4-8-21/h2-4,7-14,16,18H,5-6,15,17H2,1H3,(H,25,26). The highest BCUT2D eigenvalue weighted by Crippen LogP contribution is 2.25. The average molecular weight is 387 g/mol. The number of nitrogens with one attached hydrogen (secondary N) is 1. The van der Waals surface area contributed by atoms with E-state index in [1.807, 2.05) is 71.6 Å². The maximum atomic E-state index is 12.8. The molecule has 1 saturated heterocycles. The van der Waals surface area contributed by atoms with Gasteiger partial charge in [-0.1, -0.05) is 25.1 Å². The number of amides is 1. The molecule has 29 heavy (non-hydrogen) atoms. The maximum Gasteiger partial charge on any atom is 0.272 e. The SMILES string of the molecule is CC1CCCN(C(=O)c2cc(Nc3ccc(Oc4ccccc4)cc3)ccn2)C1. The van der Waals surface area contributed by atoms with Gasteiger partial charge in [0.15, 0.2) is 0 Å². The first-order valence-electron chi connectivity index (χ1n) is 10.0. The van der Waals surface area contributed by atoms with Gasteiger partial charge in [-0.05, 0) is 67.3 Å². The number of para-hydroxylation sites is 1.